The highest BCUT2D eigenvalue weighted by atomic mass is 16.5. The molecule has 0 saturated carbocycles. The van der Waals surface area contributed by atoms with Crippen molar-refractivity contribution in [2.24, 2.45) is 5.73 Å². The molecule has 0 saturated heterocycles. The lowest BCUT2D eigenvalue weighted by atomic mass is 10.3. The largest absolute Gasteiger partial charge is 0.493 e. The molecule has 4 heteroatoms. The topological polar surface area (TPSA) is 52.5 Å². The highest BCUT2D eigenvalue weighted by molar-refractivity contribution is 5.55. The summed E-state index contributed by atoms with van der Waals surface area (Å²) in [5, 5.41) is 0. The maximum Gasteiger partial charge on any atom is 0.180 e. The SMILES string of the molecule is COc1cccn2c(CN)c(C)nc12. The Morgan fingerprint density at radius 3 is 3.00 bits per heavy atom. The fourth-order valence-corrected chi connectivity index (χ4v) is 1.61. The molecule has 2 heterocycles. The van der Waals surface area contributed by atoms with Crippen molar-refractivity contribution in [3.63, 3.8) is 0 Å². The van der Waals surface area contributed by atoms with Crippen molar-refractivity contribution in [2.45, 2.75) is 13.5 Å². The molecule has 0 amide bonds. The third kappa shape index (κ3) is 1.15. The number of rotatable bonds is 2. The Hall–Kier alpha value is -1.55. The number of ether oxygens (including phenoxy) is 1. The van der Waals surface area contributed by atoms with E-state index in [0.717, 1.165) is 22.8 Å². The smallest absolute Gasteiger partial charge is 0.180 e. The number of fused-ring (bicyclic) bond motifs is 1. The Morgan fingerprint density at radius 1 is 1.57 bits per heavy atom. The molecular weight excluding hydrogens is 178 g/mol. The van der Waals surface area contributed by atoms with E-state index in [4.69, 9.17) is 10.5 Å². The van der Waals surface area contributed by atoms with E-state index >= 15 is 0 Å². The molecule has 0 radical (unpaired) electrons. The van der Waals surface area contributed by atoms with Gasteiger partial charge in [0.15, 0.2) is 11.4 Å². The summed E-state index contributed by atoms with van der Waals surface area (Å²) in [7, 11) is 1.64. The molecule has 0 aliphatic rings. The fourth-order valence-electron chi connectivity index (χ4n) is 1.61. The number of hydrogen-bond acceptors (Lipinski definition) is 3. The highest BCUT2D eigenvalue weighted by Crippen LogP contribution is 2.20. The number of methoxy groups -OCH3 is 1. The molecule has 0 bridgehead atoms. The predicted molar refractivity (Wildman–Crippen MR) is 54.4 cm³/mol. The van der Waals surface area contributed by atoms with Gasteiger partial charge in [0.2, 0.25) is 0 Å². The number of nitrogens with zero attached hydrogens (tertiary/aromatic N) is 2. The monoisotopic (exact) mass is 191 g/mol. The quantitative estimate of drug-likeness (QED) is 0.773. The van der Waals surface area contributed by atoms with Gasteiger partial charge in [-0.05, 0) is 19.1 Å². The Morgan fingerprint density at radius 2 is 2.36 bits per heavy atom. The van der Waals surface area contributed by atoms with Crippen LogP contribution in [0.1, 0.15) is 11.4 Å². The molecule has 0 aliphatic heterocycles. The molecule has 0 spiro atoms. The molecule has 2 N–H and O–H groups in total. The molecular formula is C10H13N3O. The van der Waals surface area contributed by atoms with Gasteiger partial charge in [0.25, 0.3) is 0 Å². The number of imidazole rings is 1. The van der Waals surface area contributed by atoms with Gasteiger partial charge in [-0.1, -0.05) is 0 Å². The van der Waals surface area contributed by atoms with Crippen LogP contribution in [0.2, 0.25) is 0 Å². The van der Waals surface area contributed by atoms with E-state index in [9.17, 15) is 0 Å². The van der Waals surface area contributed by atoms with Crippen LogP contribution in [-0.2, 0) is 6.54 Å². The number of aryl methyl sites for hydroxylation is 1. The van der Waals surface area contributed by atoms with E-state index in [1.807, 2.05) is 29.7 Å². The molecule has 0 atom stereocenters. The van der Waals surface area contributed by atoms with Crippen molar-refractivity contribution in [3.05, 3.63) is 29.7 Å². The van der Waals surface area contributed by atoms with Gasteiger partial charge < -0.3 is 10.5 Å². The van der Waals surface area contributed by atoms with E-state index in [-0.39, 0.29) is 0 Å². The first kappa shape index (κ1) is 9.02. The van der Waals surface area contributed by atoms with Gasteiger partial charge in [0.05, 0.1) is 18.5 Å². The number of pyridine rings is 1. The highest BCUT2D eigenvalue weighted by Gasteiger charge is 2.09. The summed E-state index contributed by atoms with van der Waals surface area (Å²) in [6.07, 6.45) is 1.94. The van der Waals surface area contributed by atoms with Crippen LogP contribution in [0.25, 0.3) is 5.65 Å². The first-order valence-electron chi connectivity index (χ1n) is 4.48. The Kier molecular flexibility index (Phi) is 2.13. The van der Waals surface area contributed by atoms with Crippen LogP contribution >= 0.6 is 0 Å². The molecule has 2 aromatic rings. The van der Waals surface area contributed by atoms with E-state index in [1.54, 1.807) is 7.11 Å². The van der Waals surface area contributed by atoms with Crippen LogP contribution in [0.15, 0.2) is 18.3 Å². The minimum Gasteiger partial charge on any atom is -0.493 e. The molecule has 2 rings (SSSR count). The number of aromatic nitrogens is 2. The Balaban J connectivity index is 2.79. The van der Waals surface area contributed by atoms with Crippen molar-refractivity contribution in [1.82, 2.24) is 9.38 Å². The molecule has 14 heavy (non-hydrogen) atoms. The summed E-state index contributed by atoms with van der Waals surface area (Å²) in [6.45, 7) is 2.44. The second-order valence-corrected chi connectivity index (χ2v) is 3.12. The minimum atomic E-state index is 0.486. The summed E-state index contributed by atoms with van der Waals surface area (Å²) in [5.41, 5.74) is 8.46. The lowest BCUT2D eigenvalue weighted by Crippen LogP contribution is -2.02. The molecule has 0 fully saturated rings. The van der Waals surface area contributed by atoms with E-state index in [0.29, 0.717) is 6.54 Å². The second kappa shape index (κ2) is 3.31. The van der Waals surface area contributed by atoms with Crippen LogP contribution in [0, 0.1) is 6.92 Å². The molecule has 4 nitrogen and oxygen atoms in total. The average molecular weight is 191 g/mol. The van der Waals surface area contributed by atoms with Gasteiger partial charge in [-0.3, -0.25) is 4.40 Å². The predicted octanol–water partition coefficient (Wildman–Crippen LogP) is 1.11. The number of nitrogens with two attached hydrogens (primary N) is 1. The zero-order valence-electron chi connectivity index (χ0n) is 8.32. The van der Waals surface area contributed by atoms with Crippen LogP contribution in [0.5, 0.6) is 5.75 Å². The molecule has 0 aromatic carbocycles. The van der Waals surface area contributed by atoms with Crippen LogP contribution in [0.4, 0.5) is 0 Å². The summed E-state index contributed by atoms with van der Waals surface area (Å²) >= 11 is 0. The zero-order valence-corrected chi connectivity index (χ0v) is 8.32. The first-order chi connectivity index (χ1) is 6.77. The van der Waals surface area contributed by atoms with Gasteiger partial charge in [0.1, 0.15) is 0 Å². The normalized spacial score (nSPS) is 10.8. The summed E-state index contributed by atoms with van der Waals surface area (Å²) < 4.78 is 7.18. The minimum absolute atomic E-state index is 0.486. The second-order valence-electron chi connectivity index (χ2n) is 3.12. The summed E-state index contributed by atoms with van der Waals surface area (Å²) in [6, 6.07) is 3.81. The number of hydrogen-bond donors (Lipinski definition) is 1. The summed E-state index contributed by atoms with van der Waals surface area (Å²) in [5.74, 6) is 0.773. The molecule has 0 aliphatic carbocycles. The van der Waals surface area contributed by atoms with Crippen LogP contribution < -0.4 is 10.5 Å². The average Bonchev–Trinajstić information content (AvgIpc) is 2.52. The lowest BCUT2D eigenvalue weighted by Gasteiger charge is -2.02. The van der Waals surface area contributed by atoms with Gasteiger partial charge in [-0.25, -0.2) is 4.98 Å². The van der Waals surface area contributed by atoms with Gasteiger partial charge in [-0.15, -0.1) is 0 Å². The third-order valence-corrected chi connectivity index (χ3v) is 2.33. The van der Waals surface area contributed by atoms with Crippen molar-refractivity contribution < 1.29 is 4.74 Å². The maximum atomic E-state index is 5.65. The third-order valence-electron chi connectivity index (χ3n) is 2.33. The van der Waals surface area contributed by atoms with Gasteiger partial charge in [0, 0.05) is 12.7 Å². The van der Waals surface area contributed by atoms with Crippen LogP contribution in [0.3, 0.4) is 0 Å². The summed E-state index contributed by atoms with van der Waals surface area (Å²) in [4.78, 5) is 4.41. The fraction of sp³-hybridized carbons (Fsp3) is 0.300. The Bertz CT molecular complexity index is 462. The van der Waals surface area contributed by atoms with E-state index < -0.39 is 0 Å². The lowest BCUT2D eigenvalue weighted by molar-refractivity contribution is 0.417. The first-order valence-corrected chi connectivity index (χ1v) is 4.48. The maximum absolute atomic E-state index is 5.65. The van der Waals surface area contributed by atoms with Gasteiger partial charge >= 0.3 is 0 Å². The van der Waals surface area contributed by atoms with E-state index in [1.165, 1.54) is 0 Å². The molecule has 0 unspecified atom stereocenters. The Labute approximate surface area is 82.3 Å². The molecule has 2 aromatic heterocycles. The van der Waals surface area contributed by atoms with Gasteiger partial charge in [-0.2, -0.15) is 0 Å². The van der Waals surface area contributed by atoms with Crippen molar-refractivity contribution in [3.8, 4) is 5.75 Å². The zero-order chi connectivity index (χ0) is 10.1. The van der Waals surface area contributed by atoms with E-state index in [2.05, 4.69) is 4.98 Å². The standard InChI is InChI=1S/C10H13N3O/c1-7-8(6-11)13-5-3-4-9(14-2)10(13)12-7/h3-5H,6,11H2,1-2H3. The van der Waals surface area contributed by atoms with Crippen molar-refractivity contribution in [1.29, 1.82) is 0 Å². The molecule has 74 valence electrons. The van der Waals surface area contributed by atoms with Crippen LogP contribution in [-0.4, -0.2) is 16.5 Å². The van der Waals surface area contributed by atoms with Crippen molar-refractivity contribution >= 4 is 5.65 Å². The van der Waals surface area contributed by atoms with Crippen molar-refractivity contribution in [2.75, 3.05) is 7.11 Å².